The molecule has 4 N–H and O–H groups in total. The van der Waals surface area contributed by atoms with Crippen molar-refractivity contribution in [3.63, 3.8) is 0 Å². The van der Waals surface area contributed by atoms with Crippen LogP contribution in [-0.2, 0) is 19.6 Å². The fourth-order valence-electron chi connectivity index (χ4n) is 2.71. The molecule has 0 aliphatic carbocycles. The summed E-state index contributed by atoms with van der Waals surface area (Å²) in [5.41, 5.74) is 1.19. The van der Waals surface area contributed by atoms with E-state index in [0.29, 0.717) is 23.7 Å². The number of nitrogens with one attached hydrogen (secondary N) is 4. The highest BCUT2D eigenvalue weighted by Crippen LogP contribution is 2.18. The van der Waals surface area contributed by atoms with E-state index in [0.717, 1.165) is 0 Å². The second-order valence-corrected chi connectivity index (χ2v) is 9.14. The summed E-state index contributed by atoms with van der Waals surface area (Å²) in [6.07, 6.45) is 0. The summed E-state index contributed by atoms with van der Waals surface area (Å²) < 4.78 is 32.3. The molecule has 2 aromatic carbocycles. The minimum absolute atomic E-state index is 0.0625. The van der Waals surface area contributed by atoms with Crippen LogP contribution in [-0.4, -0.2) is 45.5 Å². The van der Waals surface area contributed by atoms with Gasteiger partial charge in [0.05, 0.1) is 4.90 Å². The van der Waals surface area contributed by atoms with Gasteiger partial charge in [-0.25, -0.2) is 13.1 Å². The number of ether oxygens (including phenoxy) is 1. The van der Waals surface area contributed by atoms with Crippen molar-refractivity contribution in [3.05, 3.63) is 48.5 Å². The third-order valence-corrected chi connectivity index (χ3v) is 5.87. The molecule has 32 heavy (non-hydrogen) atoms. The molecule has 0 fully saturated rings. The van der Waals surface area contributed by atoms with Gasteiger partial charge in [0.15, 0.2) is 6.61 Å². The summed E-state index contributed by atoms with van der Waals surface area (Å²) in [5.74, 6) is 0.0696. The Kier molecular flexibility index (Phi) is 9.03. The monoisotopic (exact) mass is 462 g/mol. The molecular formula is C22H30N4O5S. The SMILES string of the molecule is CCNC(=O)COc1ccc(NC(C)C(=O)Nc2ccc(S(=O)(=O)NC(C)C)cc2)cc1. The lowest BCUT2D eigenvalue weighted by Gasteiger charge is -2.16. The van der Waals surface area contributed by atoms with Gasteiger partial charge < -0.3 is 20.7 Å². The average molecular weight is 463 g/mol. The fraction of sp³-hybridized carbons (Fsp3) is 0.364. The first-order valence-corrected chi connectivity index (χ1v) is 11.8. The summed E-state index contributed by atoms with van der Waals surface area (Å²) in [4.78, 5) is 24.0. The van der Waals surface area contributed by atoms with Crippen molar-refractivity contribution < 1.29 is 22.7 Å². The van der Waals surface area contributed by atoms with Gasteiger partial charge in [0.2, 0.25) is 15.9 Å². The van der Waals surface area contributed by atoms with E-state index in [1.54, 1.807) is 57.2 Å². The number of benzene rings is 2. The molecule has 2 aromatic rings. The summed E-state index contributed by atoms with van der Waals surface area (Å²) >= 11 is 0. The summed E-state index contributed by atoms with van der Waals surface area (Å²) in [6.45, 7) is 7.51. The predicted octanol–water partition coefficient (Wildman–Crippen LogP) is 2.33. The van der Waals surface area contributed by atoms with Crippen molar-refractivity contribution in [3.8, 4) is 5.75 Å². The molecule has 174 valence electrons. The highest BCUT2D eigenvalue weighted by molar-refractivity contribution is 7.89. The van der Waals surface area contributed by atoms with Gasteiger partial charge in [-0.15, -0.1) is 0 Å². The van der Waals surface area contributed by atoms with E-state index in [1.807, 2.05) is 6.92 Å². The number of anilines is 2. The van der Waals surface area contributed by atoms with Gasteiger partial charge in [0.1, 0.15) is 11.8 Å². The van der Waals surface area contributed by atoms with Gasteiger partial charge in [-0.05, 0) is 76.2 Å². The molecule has 1 atom stereocenters. The Hall–Kier alpha value is -3.11. The van der Waals surface area contributed by atoms with Crippen molar-refractivity contribution in [1.29, 1.82) is 0 Å². The van der Waals surface area contributed by atoms with E-state index < -0.39 is 16.1 Å². The summed E-state index contributed by atoms with van der Waals surface area (Å²) in [6, 6.07) is 12.1. The minimum Gasteiger partial charge on any atom is -0.484 e. The second-order valence-electron chi connectivity index (χ2n) is 7.42. The van der Waals surface area contributed by atoms with E-state index in [1.165, 1.54) is 12.1 Å². The van der Waals surface area contributed by atoms with E-state index in [2.05, 4.69) is 20.7 Å². The molecule has 2 rings (SSSR count). The molecule has 0 heterocycles. The van der Waals surface area contributed by atoms with Crippen LogP contribution in [0.15, 0.2) is 53.4 Å². The second kappa shape index (κ2) is 11.5. The van der Waals surface area contributed by atoms with Gasteiger partial charge in [-0.3, -0.25) is 9.59 Å². The molecule has 0 spiro atoms. The van der Waals surface area contributed by atoms with Gasteiger partial charge in [0.25, 0.3) is 5.91 Å². The van der Waals surface area contributed by atoms with Gasteiger partial charge >= 0.3 is 0 Å². The normalized spacial score (nSPS) is 12.2. The Morgan fingerprint density at radius 3 is 2.09 bits per heavy atom. The van der Waals surface area contributed by atoms with Gasteiger partial charge in [-0.2, -0.15) is 0 Å². The summed E-state index contributed by atoms with van der Waals surface area (Å²) in [5, 5.41) is 8.48. The quantitative estimate of drug-likeness (QED) is 0.406. The molecule has 9 nitrogen and oxygen atoms in total. The molecular weight excluding hydrogens is 432 g/mol. The van der Waals surface area contributed by atoms with Crippen LogP contribution < -0.4 is 25.4 Å². The number of hydrogen-bond acceptors (Lipinski definition) is 6. The fourth-order valence-corrected chi connectivity index (χ4v) is 3.96. The van der Waals surface area contributed by atoms with Crippen LogP contribution in [0.1, 0.15) is 27.7 Å². The third-order valence-electron chi connectivity index (χ3n) is 4.20. The first kappa shape index (κ1) is 25.2. The molecule has 0 bridgehead atoms. The van der Waals surface area contributed by atoms with Crippen LogP contribution in [0.25, 0.3) is 0 Å². The van der Waals surface area contributed by atoms with Crippen molar-refractivity contribution in [2.75, 3.05) is 23.8 Å². The Morgan fingerprint density at radius 1 is 0.938 bits per heavy atom. The van der Waals surface area contributed by atoms with Crippen molar-refractivity contribution in [2.24, 2.45) is 0 Å². The summed E-state index contributed by atoms with van der Waals surface area (Å²) in [7, 11) is -3.58. The number of amides is 2. The average Bonchev–Trinajstić information content (AvgIpc) is 2.73. The van der Waals surface area contributed by atoms with Crippen LogP contribution in [0.5, 0.6) is 5.75 Å². The maximum atomic E-state index is 12.5. The van der Waals surface area contributed by atoms with Crippen molar-refractivity contribution in [2.45, 2.75) is 44.7 Å². The van der Waals surface area contributed by atoms with Crippen LogP contribution in [0.4, 0.5) is 11.4 Å². The van der Waals surface area contributed by atoms with E-state index in [4.69, 9.17) is 4.74 Å². The first-order valence-electron chi connectivity index (χ1n) is 10.3. The smallest absolute Gasteiger partial charge is 0.257 e. The van der Waals surface area contributed by atoms with E-state index >= 15 is 0 Å². The molecule has 10 heteroatoms. The van der Waals surface area contributed by atoms with Crippen LogP contribution >= 0.6 is 0 Å². The van der Waals surface area contributed by atoms with E-state index in [-0.39, 0.29) is 29.4 Å². The number of likely N-dealkylation sites (N-methyl/N-ethyl adjacent to an activating group) is 1. The van der Waals surface area contributed by atoms with Crippen LogP contribution in [0.2, 0.25) is 0 Å². The van der Waals surface area contributed by atoms with Gasteiger partial charge in [0, 0.05) is 24.0 Å². The van der Waals surface area contributed by atoms with Crippen molar-refractivity contribution in [1.82, 2.24) is 10.0 Å². The lowest BCUT2D eigenvalue weighted by atomic mass is 10.2. The Balaban J connectivity index is 1.89. The maximum Gasteiger partial charge on any atom is 0.257 e. The van der Waals surface area contributed by atoms with E-state index in [9.17, 15) is 18.0 Å². The predicted molar refractivity (Wildman–Crippen MR) is 124 cm³/mol. The molecule has 0 aliphatic rings. The highest BCUT2D eigenvalue weighted by Gasteiger charge is 2.16. The molecule has 0 aliphatic heterocycles. The zero-order chi connectivity index (χ0) is 23.7. The zero-order valence-corrected chi connectivity index (χ0v) is 19.5. The Morgan fingerprint density at radius 2 is 1.53 bits per heavy atom. The van der Waals surface area contributed by atoms with Crippen LogP contribution in [0.3, 0.4) is 0 Å². The Bertz CT molecular complexity index is 1010. The third kappa shape index (κ3) is 7.86. The number of carbonyl (C=O) groups is 2. The first-order chi connectivity index (χ1) is 15.1. The molecule has 2 amide bonds. The van der Waals surface area contributed by atoms with Gasteiger partial charge in [-0.1, -0.05) is 0 Å². The number of rotatable bonds is 11. The highest BCUT2D eigenvalue weighted by atomic mass is 32.2. The minimum atomic E-state index is -3.58. The Labute approximate surface area is 189 Å². The zero-order valence-electron chi connectivity index (χ0n) is 18.6. The topological polar surface area (TPSA) is 126 Å². The molecule has 0 saturated heterocycles. The molecule has 0 aromatic heterocycles. The maximum absolute atomic E-state index is 12.5. The molecule has 0 radical (unpaired) electrons. The lowest BCUT2D eigenvalue weighted by Crippen LogP contribution is -2.32. The number of hydrogen-bond donors (Lipinski definition) is 4. The lowest BCUT2D eigenvalue weighted by molar-refractivity contribution is -0.123. The molecule has 0 saturated carbocycles. The largest absolute Gasteiger partial charge is 0.484 e. The van der Waals surface area contributed by atoms with Crippen LogP contribution in [0, 0.1) is 0 Å². The standard InChI is InChI=1S/C22H30N4O5S/c1-5-23-21(27)14-31-19-10-6-17(7-11-19)24-16(4)22(28)25-18-8-12-20(13-9-18)32(29,30)26-15(2)3/h6-13,15-16,24,26H,5,14H2,1-4H3,(H,23,27)(H,25,28). The number of carbonyl (C=O) groups excluding carboxylic acids is 2. The molecule has 1 unspecified atom stereocenters. The number of sulfonamides is 1. The van der Waals surface area contributed by atoms with Crippen molar-refractivity contribution >= 4 is 33.2 Å².